The Morgan fingerprint density at radius 3 is 2.46 bits per heavy atom. The number of rotatable bonds is 6. The van der Waals surface area contributed by atoms with E-state index >= 15 is 0 Å². The van der Waals surface area contributed by atoms with Crippen LogP contribution in [-0.4, -0.2) is 26.3 Å². The van der Waals surface area contributed by atoms with Gasteiger partial charge in [-0.05, 0) is 31.2 Å². The average Bonchev–Trinajstić information content (AvgIpc) is 3.04. The fourth-order valence-corrected chi connectivity index (χ4v) is 3.35. The molecule has 0 N–H and O–H groups in total. The van der Waals surface area contributed by atoms with Crippen molar-refractivity contribution in [3.05, 3.63) is 65.2 Å². The van der Waals surface area contributed by atoms with Crippen LogP contribution < -0.4 is 0 Å². The van der Waals surface area contributed by atoms with Gasteiger partial charge in [0.25, 0.3) is 0 Å². The Morgan fingerprint density at radius 1 is 1.08 bits per heavy atom. The highest BCUT2D eigenvalue weighted by molar-refractivity contribution is 7.99. The maximum atomic E-state index is 12.2. The summed E-state index contributed by atoms with van der Waals surface area (Å²) in [6.45, 7) is 2.76. The van der Waals surface area contributed by atoms with Gasteiger partial charge < -0.3 is 4.57 Å². The van der Waals surface area contributed by atoms with Crippen LogP contribution in [0, 0.1) is 0 Å². The molecule has 0 unspecified atom stereocenters. The van der Waals surface area contributed by atoms with Gasteiger partial charge in [0.2, 0.25) is 0 Å². The summed E-state index contributed by atoms with van der Waals surface area (Å²) >= 11 is 7.34. The molecule has 24 heavy (non-hydrogen) atoms. The fraction of sp³-hybridized carbons (Fsp3) is 0.167. The highest BCUT2D eigenvalue weighted by Gasteiger charge is 2.15. The zero-order valence-electron chi connectivity index (χ0n) is 13.1. The molecule has 0 aliphatic heterocycles. The first-order valence-corrected chi connectivity index (χ1v) is 8.95. The minimum Gasteiger partial charge on any atom is -0.302 e. The largest absolute Gasteiger partial charge is 0.302 e. The van der Waals surface area contributed by atoms with Crippen LogP contribution in [0.1, 0.15) is 17.3 Å². The standard InChI is InChI=1S/C18H16ClN3OS/c1-2-22-17(14-8-10-15(19)11-9-14)20-21-18(22)24-12-16(23)13-6-4-3-5-7-13/h3-11H,2,12H2,1H3. The van der Waals surface area contributed by atoms with E-state index in [4.69, 9.17) is 11.6 Å². The van der Waals surface area contributed by atoms with E-state index < -0.39 is 0 Å². The second kappa shape index (κ2) is 7.64. The number of benzene rings is 2. The van der Waals surface area contributed by atoms with E-state index in [1.165, 1.54) is 11.8 Å². The topological polar surface area (TPSA) is 47.8 Å². The first kappa shape index (κ1) is 16.7. The van der Waals surface area contributed by atoms with Crippen molar-refractivity contribution in [3.63, 3.8) is 0 Å². The molecular formula is C18H16ClN3OS. The number of thioether (sulfide) groups is 1. The summed E-state index contributed by atoms with van der Waals surface area (Å²) in [6.07, 6.45) is 0. The molecular weight excluding hydrogens is 342 g/mol. The number of nitrogens with zero attached hydrogens (tertiary/aromatic N) is 3. The van der Waals surface area contributed by atoms with Gasteiger partial charge in [-0.15, -0.1) is 10.2 Å². The number of aromatic nitrogens is 3. The lowest BCUT2D eigenvalue weighted by molar-refractivity contribution is 0.102. The summed E-state index contributed by atoms with van der Waals surface area (Å²) in [4.78, 5) is 12.2. The van der Waals surface area contributed by atoms with Crippen LogP contribution in [0.25, 0.3) is 11.4 Å². The van der Waals surface area contributed by atoms with Gasteiger partial charge in [-0.3, -0.25) is 4.79 Å². The van der Waals surface area contributed by atoms with Crippen LogP contribution in [0.3, 0.4) is 0 Å². The van der Waals surface area contributed by atoms with Gasteiger partial charge in [0, 0.05) is 22.7 Å². The predicted molar refractivity (Wildman–Crippen MR) is 97.6 cm³/mol. The van der Waals surface area contributed by atoms with Crippen molar-refractivity contribution in [3.8, 4) is 11.4 Å². The Kier molecular flexibility index (Phi) is 5.33. The van der Waals surface area contributed by atoms with Crippen LogP contribution in [-0.2, 0) is 6.54 Å². The van der Waals surface area contributed by atoms with Gasteiger partial charge in [-0.1, -0.05) is 53.7 Å². The van der Waals surface area contributed by atoms with Crippen molar-refractivity contribution in [1.29, 1.82) is 0 Å². The summed E-state index contributed by atoms with van der Waals surface area (Å²) < 4.78 is 2.01. The maximum absolute atomic E-state index is 12.2. The lowest BCUT2D eigenvalue weighted by Crippen LogP contribution is -2.05. The lowest BCUT2D eigenvalue weighted by atomic mass is 10.2. The molecule has 0 bridgehead atoms. The predicted octanol–water partition coefficient (Wildman–Crippen LogP) is 4.59. The molecule has 0 aliphatic carbocycles. The lowest BCUT2D eigenvalue weighted by Gasteiger charge is -2.07. The maximum Gasteiger partial charge on any atom is 0.191 e. The Hall–Kier alpha value is -2.11. The molecule has 1 aromatic heterocycles. The highest BCUT2D eigenvalue weighted by Crippen LogP contribution is 2.25. The third-order valence-corrected chi connectivity index (χ3v) is 4.78. The highest BCUT2D eigenvalue weighted by atomic mass is 35.5. The van der Waals surface area contributed by atoms with Crippen molar-refractivity contribution in [2.75, 3.05) is 5.75 Å². The fourth-order valence-electron chi connectivity index (χ4n) is 2.33. The van der Waals surface area contributed by atoms with Crippen LogP contribution in [0.2, 0.25) is 5.02 Å². The van der Waals surface area contributed by atoms with E-state index in [1.54, 1.807) is 0 Å². The molecule has 4 nitrogen and oxygen atoms in total. The van der Waals surface area contributed by atoms with Crippen molar-refractivity contribution in [2.24, 2.45) is 0 Å². The molecule has 0 radical (unpaired) electrons. The summed E-state index contributed by atoms with van der Waals surface area (Å²) in [5.74, 6) is 1.20. The van der Waals surface area contributed by atoms with Gasteiger partial charge in [0.15, 0.2) is 16.8 Å². The first-order chi connectivity index (χ1) is 11.7. The van der Waals surface area contributed by atoms with E-state index in [0.717, 1.165) is 23.1 Å². The van der Waals surface area contributed by atoms with Gasteiger partial charge in [0.1, 0.15) is 0 Å². The van der Waals surface area contributed by atoms with E-state index in [0.29, 0.717) is 16.3 Å². The van der Waals surface area contributed by atoms with Crippen molar-refractivity contribution in [2.45, 2.75) is 18.6 Å². The number of carbonyl (C=O) groups is 1. The van der Waals surface area contributed by atoms with Crippen LogP contribution >= 0.6 is 23.4 Å². The summed E-state index contributed by atoms with van der Waals surface area (Å²) in [5, 5.41) is 9.94. The van der Waals surface area contributed by atoms with Gasteiger partial charge >= 0.3 is 0 Å². The molecule has 0 saturated heterocycles. The third kappa shape index (κ3) is 3.68. The zero-order valence-corrected chi connectivity index (χ0v) is 14.7. The van der Waals surface area contributed by atoms with Crippen LogP contribution in [0.4, 0.5) is 0 Å². The van der Waals surface area contributed by atoms with Crippen molar-refractivity contribution in [1.82, 2.24) is 14.8 Å². The molecule has 0 fully saturated rings. The normalized spacial score (nSPS) is 10.8. The second-order valence-electron chi connectivity index (χ2n) is 5.14. The minimum absolute atomic E-state index is 0.0827. The molecule has 0 saturated carbocycles. The quantitative estimate of drug-likeness (QED) is 0.478. The number of carbonyl (C=O) groups excluding carboxylic acids is 1. The van der Waals surface area contributed by atoms with Gasteiger partial charge in [0.05, 0.1) is 5.75 Å². The van der Waals surface area contributed by atoms with Crippen molar-refractivity contribution >= 4 is 29.1 Å². The van der Waals surface area contributed by atoms with Gasteiger partial charge in [-0.25, -0.2) is 0 Å². The number of Topliss-reactive ketones (excluding diaryl/α,β-unsaturated/α-hetero) is 1. The summed E-state index contributed by atoms with van der Waals surface area (Å²) in [7, 11) is 0. The summed E-state index contributed by atoms with van der Waals surface area (Å²) in [6, 6.07) is 16.8. The molecule has 0 aliphatic rings. The number of ketones is 1. The molecule has 1 heterocycles. The van der Waals surface area contributed by atoms with Crippen LogP contribution in [0.15, 0.2) is 59.8 Å². The number of halogens is 1. The summed E-state index contributed by atoms with van der Waals surface area (Å²) in [5.41, 5.74) is 1.67. The molecule has 0 spiro atoms. The zero-order chi connectivity index (χ0) is 16.9. The minimum atomic E-state index is 0.0827. The second-order valence-corrected chi connectivity index (χ2v) is 6.51. The Labute approximate surface area is 149 Å². The van der Waals surface area contributed by atoms with E-state index in [9.17, 15) is 4.79 Å². The first-order valence-electron chi connectivity index (χ1n) is 7.59. The SMILES string of the molecule is CCn1c(SCC(=O)c2ccccc2)nnc1-c1ccc(Cl)cc1. The molecule has 6 heteroatoms. The Bertz CT molecular complexity index is 831. The smallest absolute Gasteiger partial charge is 0.191 e. The molecule has 3 rings (SSSR count). The van der Waals surface area contributed by atoms with E-state index in [2.05, 4.69) is 10.2 Å². The third-order valence-electron chi connectivity index (χ3n) is 3.56. The monoisotopic (exact) mass is 357 g/mol. The van der Waals surface area contributed by atoms with E-state index in [1.807, 2.05) is 66.1 Å². The molecule has 2 aromatic carbocycles. The number of hydrogen-bond acceptors (Lipinski definition) is 4. The van der Waals surface area contributed by atoms with E-state index in [-0.39, 0.29) is 5.78 Å². The van der Waals surface area contributed by atoms with Crippen molar-refractivity contribution < 1.29 is 4.79 Å². The molecule has 3 aromatic rings. The molecule has 0 atom stereocenters. The van der Waals surface area contributed by atoms with Gasteiger partial charge in [-0.2, -0.15) is 0 Å². The average molecular weight is 358 g/mol. The number of hydrogen-bond donors (Lipinski definition) is 0. The Morgan fingerprint density at radius 2 is 1.79 bits per heavy atom. The van der Waals surface area contributed by atoms with Crippen LogP contribution in [0.5, 0.6) is 0 Å². The molecule has 0 amide bonds. The Balaban J connectivity index is 1.77. The molecule has 122 valence electrons.